The smallest absolute Gasteiger partial charge is 0.113 e. The van der Waals surface area contributed by atoms with Gasteiger partial charge in [0.15, 0.2) is 8.67 Å². The molecule has 6 saturated carbocycles. The summed E-state index contributed by atoms with van der Waals surface area (Å²) in [5.74, 6) is 0. The summed E-state index contributed by atoms with van der Waals surface area (Å²) in [6, 6.07) is 0. The Morgan fingerprint density at radius 2 is 0.364 bits per heavy atom. The van der Waals surface area contributed by atoms with Crippen LogP contribution in [0.15, 0.2) is 0 Å². The lowest BCUT2D eigenvalue weighted by molar-refractivity contribution is -0.0416. The van der Waals surface area contributed by atoms with Crippen molar-refractivity contribution in [3.05, 3.63) is 0 Å². The van der Waals surface area contributed by atoms with Crippen LogP contribution in [0.5, 0.6) is 0 Å². The lowest BCUT2D eigenvalue weighted by atomic mass is 9.37. The Bertz CT molecular complexity index is 663. The number of halogens is 12. The van der Waals surface area contributed by atoms with Gasteiger partial charge in [-0.05, 0) is 0 Å². The van der Waals surface area contributed by atoms with Crippen molar-refractivity contribution in [2.45, 2.75) is 47.7 Å². The first-order chi connectivity index (χ1) is 9.50. The van der Waals surface area contributed by atoms with Crippen LogP contribution in [-0.4, -0.2) is 47.7 Å². The largest absolute Gasteiger partial charge is 0.163 e. The van der Waals surface area contributed by atoms with Crippen molar-refractivity contribution >= 4 is 139 Å². The highest BCUT2D eigenvalue weighted by atomic mass is 35.5. The van der Waals surface area contributed by atoms with Gasteiger partial charge in [-0.15, -0.1) is 92.8 Å². The predicted octanol–water partition coefficient (Wildman–Crippen LogP) is 6.22. The maximum Gasteiger partial charge on any atom is 0.163 e. The zero-order chi connectivity index (χ0) is 17.0. The van der Waals surface area contributed by atoms with Gasteiger partial charge in [0.05, 0.1) is 0 Å². The summed E-state index contributed by atoms with van der Waals surface area (Å²) in [7, 11) is 0. The van der Waals surface area contributed by atoms with Crippen LogP contribution in [0.25, 0.3) is 0 Å². The highest BCUT2D eigenvalue weighted by Gasteiger charge is 3.32. The third-order valence-electron chi connectivity index (χ3n) is 6.48. The van der Waals surface area contributed by atoms with Gasteiger partial charge in [0.2, 0.25) is 0 Å². The fourth-order valence-corrected chi connectivity index (χ4v) is 16.0. The molecule has 0 N–H and O–H groups in total. The van der Waals surface area contributed by atoms with Crippen LogP contribution in [-0.2, 0) is 0 Å². The average molecular weight is 546 g/mol. The van der Waals surface area contributed by atoms with Gasteiger partial charge in [-0.25, -0.2) is 0 Å². The van der Waals surface area contributed by atoms with E-state index < -0.39 is 47.7 Å². The Kier molecular flexibility index (Phi) is 2.67. The van der Waals surface area contributed by atoms with E-state index in [-0.39, 0.29) is 0 Å². The van der Waals surface area contributed by atoms with Crippen LogP contribution in [0.1, 0.15) is 0 Å². The van der Waals surface area contributed by atoms with Gasteiger partial charge in [-0.1, -0.05) is 46.4 Å². The molecule has 0 aromatic rings. The van der Waals surface area contributed by atoms with Crippen molar-refractivity contribution in [2.24, 2.45) is 0 Å². The molecule has 6 fully saturated rings. The molecule has 0 aliphatic heterocycles. The van der Waals surface area contributed by atoms with Crippen LogP contribution in [0.4, 0.5) is 0 Å². The number of hydrogen-bond donors (Lipinski definition) is 0. The highest BCUT2D eigenvalue weighted by Crippen LogP contribution is 3.13. The molecule has 0 nitrogen and oxygen atoms in total. The van der Waals surface area contributed by atoms with Crippen molar-refractivity contribution in [2.75, 3.05) is 0 Å². The van der Waals surface area contributed by atoms with Gasteiger partial charge in [-0.2, -0.15) is 0 Å². The van der Waals surface area contributed by atoms with E-state index in [2.05, 4.69) is 0 Å². The van der Waals surface area contributed by atoms with Crippen LogP contribution < -0.4 is 0 Å². The molecule has 6 aliphatic carbocycles. The minimum absolute atomic E-state index is 1.66. The summed E-state index contributed by atoms with van der Waals surface area (Å²) in [5.41, 5.74) is 0. The third-order valence-corrected chi connectivity index (χ3v) is 17.3. The Morgan fingerprint density at radius 1 is 0.227 bits per heavy atom. The molecule has 22 heavy (non-hydrogen) atoms. The molecule has 124 valence electrons. The van der Waals surface area contributed by atoms with E-state index in [1.54, 1.807) is 0 Å². The molecule has 6 aliphatic rings. The molecule has 0 radical (unpaired) electrons. The maximum atomic E-state index is 6.79. The van der Waals surface area contributed by atoms with Gasteiger partial charge in [0.25, 0.3) is 0 Å². The molecule has 6 rings (SSSR count). The molecule has 0 aromatic heterocycles. The van der Waals surface area contributed by atoms with E-state index in [0.29, 0.717) is 0 Å². The van der Waals surface area contributed by atoms with Gasteiger partial charge >= 0.3 is 0 Å². The van der Waals surface area contributed by atoms with Crippen LogP contribution in [0, 0.1) is 0 Å². The summed E-state index contributed by atoms with van der Waals surface area (Å²) >= 11 is 80.1. The standard InChI is InChI=1S/C10Cl12/c11-1-2(12)4(14)5(1,15)9(19,20)7(17)3(1,13)6(2,16)10(21,22)8(4,7)18. The second-order valence-corrected chi connectivity index (χ2v) is 13.6. The lowest BCUT2D eigenvalue weighted by Crippen LogP contribution is -3.07. The summed E-state index contributed by atoms with van der Waals surface area (Å²) in [5, 5.41) is 0. The predicted molar refractivity (Wildman–Crippen MR) is 97.5 cm³/mol. The first kappa shape index (κ1) is 17.6. The minimum Gasteiger partial charge on any atom is -0.113 e. The van der Waals surface area contributed by atoms with E-state index in [4.69, 9.17) is 139 Å². The fraction of sp³-hybridized carbons (Fsp3) is 1.00. The van der Waals surface area contributed by atoms with E-state index in [1.807, 2.05) is 0 Å². The van der Waals surface area contributed by atoms with Gasteiger partial charge in [0.1, 0.15) is 39.0 Å². The zero-order valence-corrected chi connectivity index (χ0v) is 18.6. The Morgan fingerprint density at radius 3 is 0.591 bits per heavy atom. The fourth-order valence-electron chi connectivity index (χ4n) is 5.88. The molecule has 8 atom stereocenters. The molecule has 8 unspecified atom stereocenters. The van der Waals surface area contributed by atoms with Crippen molar-refractivity contribution in [3.8, 4) is 0 Å². The Hall–Kier alpha value is 3.48. The summed E-state index contributed by atoms with van der Waals surface area (Å²) in [6.45, 7) is 0. The zero-order valence-electron chi connectivity index (χ0n) is 9.54. The number of rotatable bonds is 0. The van der Waals surface area contributed by atoms with Gasteiger partial charge in [0, 0.05) is 0 Å². The van der Waals surface area contributed by atoms with Crippen molar-refractivity contribution < 1.29 is 0 Å². The lowest BCUT2D eigenvalue weighted by Gasteiger charge is -2.85. The molecule has 4 bridgehead atoms. The number of hydrogen-bond acceptors (Lipinski definition) is 0. The first-order valence-corrected chi connectivity index (χ1v) is 10.3. The molecule has 0 aromatic carbocycles. The minimum atomic E-state index is -1.99. The Labute approximate surface area is 185 Å². The average Bonchev–Trinajstić information content (AvgIpc) is 2.62. The van der Waals surface area contributed by atoms with E-state index in [1.165, 1.54) is 0 Å². The molecule has 0 spiro atoms. The monoisotopic (exact) mass is 540 g/mol. The molecule has 0 heterocycles. The maximum absolute atomic E-state index is 6.79. The molecule has 12 heteroatoms. The second kappa shape index (κ2) is 3.35. The summed E-state index contributed by atoms with van der Waals surface area (Å²) in [4.78, 5) is -14.3. The van der Waals surface area contributed by atoms with Crippen molar-refractivity contribution in [3.63, 3.8) is 0 Å². The van der Waals surface area contributed by atoms with E-state index in [9.17, 15) is 0 Å². The Balaban J connectivity index is 2.10. The van der Waals surface area contributed by atoms with Crippen LogP contribution in [0.2, 0.25) is 0 Å². The second-order valence-electron chi connectivity index (χ2n) is 6.42. The SMILES string of the molecule is ClC1(Cl)C2(Cl)C3(Cl)C(Cl)(Cl)C4(Cl)C2(Cl)C2(Cl)C1(Cl)C3(Cl)C42Cl. The quantitative estimate of drug-likeness (QED) is 0.317. The molecule has 0 amide bonds. The van der Waals surface area contributed by atoms with Crippen molar-refractivity contribution in [1.82, 2.24) is 0 Å². The van der Waals surface area contributed by atoms with E-state index >= 15 is 0 Å². The number of alkyl halides is 12. The highest BCUT2D eigenvalue weighted by molar-refractivity contribution is 6.82. The van der Waals surface area contributed by atoms with E-state index in [0.717, 1.165) is 0 Å². The molecular weight excluding hydrogens is 546 g/mol. The first-order valence-electron chi connectivity index (χ1n) is 5.77. The van der Waals surface area contributed by atoms with Crippen LogP contribution >= 0.6 is 139 Å². The normalized spacial score (nSPS) is 80.2. The summed E-state index contributed by atoms with van der Waals surface area (Å²) < 4.78 is -3.98. The topological polar surface area (TPSA) is 0 Å². The van der Waals surface area contributed by atoms with Crippen LogP contribution in [0.3, 0.4) is 0 Å². The summed E-state index contributed by atoms with van der Waals surface area (Å²) in [6.07, 6.45) is 0. The van der Waals surface area contributed by atoms with Gasteiger partial charge < -0.3 is 0 Å². The van der Waals surface area contributed by atoms with Crippen molar-refractivity contribution in [1.29, 1.82) is 0 Å². The van der Waals surface area contributed by atoms with Gasteiger partial charge in [-0.3, -0.25) is 0 Å². The molecule has 0 saturated heterocycles. The molecular formula is C10Cl12. The third kappa shape index (κ3) is 0.708.